The van der Waals surface area contributed by atoms with Crippen molar-refractivity contribution in [3.8, 4) is 0 Å². The monoisotopic (exact) mass is 187 g/mol. The molecule has 0 saturated heterocycles. The summed E-state index contributed by atoms with van der Waals surface area (Å²) in [6.07, 6.45) is 2.41. The zero-order valence-corrected chi connectivity index (χ0v) is 7.64. The Balaban J connectivity index is 0.00000121. The quantitative estimate of drug-likeness (QED) is 0.704. The van der Waals surface area contributed by atoms with E-state index < -0.39 is 0 Å². The number of aryl methyl sites for hydroxylation is 1. The van der Waals surface area contributed by atoms with Gasteiger partial charge < -0.3 is 11.3 Å². The van der Waals surface area contributed by atoms with Crippen molar-refractivity contribution >= 4 is 17.6 Å². The van der Waals surface area contributed by atoms with Crippen molar-refractivity contribution in [1.29, 1.82) is 0 Å². The highest BCUT2D eigenvalue weighted by atomic mass is 32.1. The molecule has 0 aliphatic rings. The average Bonchev–Trinajstić information content (AvgIpc) is 2.47. The van der Waals surface area contributed by atoms with Crippen molar-refractivity contribution in [3.05, 3.63) is 21.9 Å². The van der Waals surface area contributed by atoms with Crippen LogP contribution in [-0.4, -0.2) is 18.0 Å². The molecular formula is C8H13NO2S. The van der Waals surface area contributed by atoms with Gasteiger partial charge in [0, 0.05) is 6.61 Å². The van der Waals surface area contributed by atoms with E-state index in [1.54, 1.807) is 0 Å². The van der Waals surface area contributed by atoms with Gasteiger partial charge in [0.2, 0.25) is 0 Å². The Labute approximate surface area is 75.6 Å². The van der Waals surface area contributed by atoms with Crippen molar-refractivity contribution in [2.75, 3.05) is 6.61 Å². The van der Waals surface area contributed by atoms with Crippen molar-refractivity contribution < 1.29 is 9.90 Å². The normalized spacial score (nSPS) is 9.08. The van der Waals surface area contributed by atoms with Gasteiger partial charge in [0.15, 0.2) is 6.29 Å². The molecular weight excluding hydrogens is 174 g/mol. The maximum Gasteiger partial charge on any atom is 0.160 e. The number of carbonyl (C=O) groups excluding carboxylic acids is 1. The zero-order valence-electron chi connectivity index (χ0n) is 6.82. The largest absolute Gasteiger partial charge is 0.396 e. The van der Waals surface area contributed by atoms with Crippen LogP contribution in [0.1, 0.15) is 21.7 Å². The molecule has 0 fully saturated rings. The fourth-order valence-electron chi connectivity index (χ4n) is 0.927. The molecule has 3 nitrogen and oxygen atoms in total. The molecule has 0 amide bonds. The molecule has 4 heteroatoms. The molecule has 1 heterocycles. The Morgan fingerprint density at radius 3 is 2.92 bits per heavy atom. The minimum absolute atomic E-state index is 0. The van der Waals surface area contributed by atoms with Crippen LogP contribution in [0.2, 0.25) is 0 Å². The number of hydrogen-bond acceptors (Lipinski definition) is 4. The highest BCUT2D eigenvalue weighted by Gasteiger charge is 2.01. The van der Waals surface area contributed by atoms with Gasteiger partial charge in [-0.25, -0.2) is 0 Å². The molecule has 0 spiro atoms. The Kier molecular flexibility index (Phi) is 5.53. The molecule has 68 valence electrons. The van der Waals surface area contributed by atoms with Crippen LogP contribution >= 0.6 is 11.3 Å². The lowest BCUT2D eigenvalue weighted by Crippen LogP contribution is -1.90. The number of carbonyl (C=O) groups is 1. The Bertz CT molecular complexity index is 235. The van der Waals surface area contributed by atoms with Crippen molar-refractivity contribution in [2.24, 2.45) is 0 Å². The number of rotatable bonds is 4. The Hall–Kier alpha value is -0.710. The Morgan fingerprint density at radius 1 is 1.58 bits per heavy atom. The van der Waals surface area contributed by atoms with E-state index in [9.17, 15) is 4.79 Å². The van der Waals surface area contributed by atoms with Crippen LogP contribution < -0.4 is 6.15 Å². The van der Waals surface area contributed by atoms with Gasteiger partial charge in [0.1, 0.15) is 0 Å². The van der Waals surface area contributed by atoms with Gasteiger partial charge >= 0.3 is 0 Å². The van der Waals surface area contributed by atoms with Gasteiger partial charge in [0.05, 0.1) is 4.88 Å². The molecule has 0 aliphatic carbocycles. The zero-order chi connectivity index (χ0) is 8.10. The van der Waals surface area contributed by atoms with E-state index in [1.807, 2.05) is 11.4 Å². The van der Waals surface area contributed by atoms with E-state index in [1.165, 1.54) is 11.3 Å². The van der Waals surface area contributed by atoms with Gasteiger partial charge in [-0.05, 0) is 29.9 Å². The highest BCUT2D eigenvalue weighted by Crippen LogP contribution is 2.15. The summed E-state index contributed by atoms with van der Waals surface area (Å²) in [5, 5.41) is 10.4. The first-order chi connectivity index (χ1) is 5.38. The predicted molar refractivity (Wildman–Crippen MR) is 50.1 cm³/mol. The van der Waals surface area contributed by atoms with Gasteiger partial charge in [-0.2, -0.15) is 0 Å². The summed E-state index contributed by atoms with van der Waals surface area (Å²) < 4.78 is 0. The summed E-state index contributed by atoms with van der Waals surface area (Å²) in [6, 6.07) is 1.93. The lowest BCUT2D eigenvalue weighted by molar-refractivity contribution is 0.112. The minimum Gasteiger partial charge on any atom is -0.396 e. The molecule has 12 heavy (non-hydrogen) atoms. The number of thiophene rings is 1. The molecule has 0 aromatic carbocycles. The van der Waals surface area contributed by atoms with Crippen LogP contribution in [0.4, 0.5) is 0 Å². The first-order valence-corrected chi connectivity index (χ1v) is 4.39. The Morgan fingerprint density at radius 2 is 2.33 bits per heavy atom. The third kappa shape index (κ3) is 2.73. The molecule has 0 aliphatic heterocycles. The first kappa shape index (κ1) is 11.3. The average molecular weight is 187 g/mol. The molecule has 0 unspecified atom stereocenters. The van der Waals surface area contributed by atoms with E-state index in [0.29, 0.717) is 0 Å². The lowest BCUT2D eigenvalue weighted by Gasteiger charge is -1.94. The standard InChI is InChI=1S/C8H10O2S.H3N/c9-4-1-2-7-3-5-11-8(7)6-10;/h3,5-6,9H,1-2,4H2;1H3. The third-order valence-corrected chi connectivity index (χ3v) is 2.38. The topological polar surface area (TPSA) is 72.3 Å². The second-order valence-electron chi connectivity index (χ2n) is 2.26. The number of aldehydes is 1. The smallest absolute Gasteiger partial charge is 0.160 e. The predicted octanol–water partition coefficient (Wildman–Crippen LogP) is 1.65. The van der Waals surface area contributed by atoms with Gasteiger partial charge in [-0.15, -0.1) is 11.3 Å². The number of hydrogen-bond donors (Lipinski definition) is 2. The van der Waals surface area contributed by atoms with Crippen LogP contribution in [0.15, 0.2) is 11.4 Å². The van der Waals surface area contributed by atoms with Crippen molar-refractivity contribution in [1.82, 2.24) is 6.15 Å². The van der Waals surface area contributed by atoms with Crippen LogP contribution in [0.25, 0.3) is 0 Å². The van der Waals surface area contributed by atoms with Crippen LogP contribution in [0.3, 0.4) is 0 Å². The third-order valence-electron chi connectivity index (χ3n) is 1.49. The first-order valence-electron chi connectivity index (χ1n) is 3.51. The van der Waals surface area contributed by atoms with Crippen LogP contribution in [0.5, 0.6) is 0 Å². The summed E-state index contributed by atoms with van der Waals surface area (Å²) in [5.74, 6) is 0. The van der Waals surface area contributed by atoms with E-state index in [2.05, 4.69) is 0 Å². The van der Waals surface area contributed by atoms with E-state index in [0.717, 1.165) is 29.6 Å². The van der Waals surface area contributed by atoms with Crippen LogP contribution in [0, 0.1) is 0 Å². The molecule has 0 atom stereocenters. The summed E-state index contributed by atoms with van der Waals surface area (Å²) in [5.41, 5.74) is 1.05. The molecule has 1 aromatic rings. The molecule has 0 radical (unpaired) electrons. The highest BCUT2D eigenvalue weighted by molar-refractivity contribution is 7.11. The fourth-order valence-corrected chi connectivity index (χ4v) is 1.68. The number of aliphatic hydroxyl groups excluding tert-OH is 1. The maximum atomic E-state index is 10.4. The van der Waals surface area contributed by atoms with Crippen molar-refractivity contribution in [3.63, 3.8) is 0 Å². The van der Waals surface area contributed by atoms with Gasteiger partial charge in [-0.1, -0.05) is 0 Å². The van der Waals surface area contributed by atoms with E-state index in [4.69, 9.17) is 5.11 Å². The van der Waals surface area contributed by atoms with Gasteiger partial charge in [-0.3, -0.25) is 4.79 Å². The van der Waals surface area contributed by atoms with Gasteiger partial charge in [0.25, 0.3) is 0 Å². The number of aliphatic hydroxyl groups is 1. The molecule has 4 N–H and O–H groups in total. The molecule has 0 bridgehead atoms. The summed E-state index contributed by atoms with van der Waals surface area (Å²) in [6.45, 7) is 0.189. The van der Waals surface area contributed by atoms with Crippen LogP contribution in [-0.2, 0) is 6.42 Å². The molecule has 1 aromatic heterocycles. The van der Waals surface area contributed by atoms with Crippen molar-refractivity contribution in [2.45, 2.75) is 12.8 Å². The summed E-state index contributed by atoms with van der Waals surface area (Å²) in [4.78, 5) is 11.2. The van der Waals surface area contributed by atoms with E-state index >= 15 is 0 Å². The summed E-state index contributed by atoms with van der Waals surface area (Å²) >= 11 is 1.45. The maximum absolute atomic E-state index is 10.4. The molecule has 0 saturated carbocycles. The fraction of sp³-hybridized carbons (Fsp3) is 0.375. The minimum atomic E-state index is 0. The molecule has 1 rings (SSSR count). The summed E-state index contributed by atoms with van der Waals surface area (Å²) in [7, 11) is 0. The second kappa shape index (κ2) is 5.88. The van der Waals surface area contributed by atoms with E-state index in [-0.39, 0.29) is 12.8 Å². The second-order valence-corrected chi connectivity index (χ2v) is 3.20. The SMILES string of the molecule is N.O=Cc1sccc1CCCO. The lowest BCUT2D eigenvalue weighted by atomic mass is 10.1.